The lowest BCUT2D eigenvalue weighted by molar-refractivity contribution is 0.0696. The zero-order valence-corrected chi connectivity index (χ0v) is 14.7. The summed E-state index contributed by atoms with van der Waals surface area (Å²) in [5, 5.41) is 12.8. The van der Waals surface area contributed by atoms with Crippen LogP contribution in [0.25, 0.3) is 0 Å². The Morgan fingerprint density at radius 2 is 1.77 bits per heavy atom. The Morgan fingerprint density at radius 3 is 2.46 bits per heavy atom. The van der Waals surface area contributed by atoms with E-state index in [1.807, 2.05) is 48.5 Å². The first kappa shape index (κ1) is 17.7. The van der Waals surface area contributed by atoms with Crippen LogP contribution in [-0.4, -0.2) is 22.6 Å². The molecule has 0 radical (unpaired) electrons. The van der Waals surface area contributed by atoms with Crippen LogP contribution in [0, 0.1) is 0 Å². The summed E-state index contributed by atoms with van der Waals surface area (Å²) < 4.78 is 0. The molecule has 4 heteroatoms. The van der Waals surface area contributed by atoms with Crippen LogP contribution in [-0.2, 0) is 11.8 Å². The second kappa shape index (κ2) is 7.83. The van der Waals surface area contributed by atoms with Crippen molar-refractivity contribution in [2.45, 2.75) is 18.8 Å². The van der Waals surface area contributed by atoms with Crippen LogP contribution < -0.4 is 5.32 Å². The van der Waals surface area contributed by atoms with Crippen molar-refractivity contribution in [2.75, 3.05) is 11.9 Å². The largest absolute Gasteiger partial charge is 0.478 e. The minimum absolute atomic E-state index is 0.212. The molecule has 0 saturated carbocycles. The third-order valence-corrected chi connectivity index (χ3v) is 4.60. The second-order valence-electron chi connectivity index (χ2n) is 6.70. The highest BCUT2D eigenvalue weighted by molar-refractivity contribution is 5.87. The lowest BCUT2D eigenvalue weighted by Gasteiger charge is -2.31. The van der Waals surface area contributed by atoms with Crippen molar-refractivity contribution < 1.29 is 9.90 Å². The van der Waals surface area contributed by atoms with Gasteiger partial charge in [-0.05, 0) is 53.9 Å². The molecule has 1 unspecified atom stereocenters. The number of aromatic carboxylic acids is 1. The van der Waals surface area contributed by atoms with E-state index in [1.165, 1.54) is 0 Å². The maximum atomic E-state index is 11.3. The highest BCUT2D eigenvalue weighted by atomic mass is 16.4. The zero-order chi connectivity index (χ0) is 18.4. The van der Waals surface area contributed by atoms with Crippen molar-refractivity contribution in [1.82, 2.24) is 4.98 Å². The van der Waals surface area contributed by atoms with Crippen LogP contribution in [0.4, 0.5) is 5.69 Å². The van der Waals surface area contributed by atoms with Gasteiger partial charge >= 0.3 is 5.97 Å². The van der Waals surface area contributed by atoms with Crippen molar-refractivity contribution >= 4 is 11.7 Å². The van der Waals surface area contributed by atoms with Crippen LogP contribution in [0.5, 0.6) is 0 Å². The van der Waals surface area contributed by atoms with Crippen LogP contribution >= 0.6 is 0 Å². The molecule has 132 valence electrons. The average Bonchev–Trinajstić information content (AvgIpc) is 2.68. The maximum Gasteiger partial charge on any atom is 0.335 e. The standard InChI is InChI=1S/C22H22N2O2/c1-22(19-10-12-23-13-11-19,16-24-20-8-3-2-4-9-20)15-17-6-5-7-18(14-17)21(25)26/h2-14,24H,15-16H2,1H3,(H,25,26). The molecule has 0 fully saturated rings. The number of pyridine rings is 1. The summed E-state index contributed by atoms with van der Waals surface area (Å²) in [5.74, 6) is -0.903. The number of rotatable bonds is 7. The van der Waals surface area contributed by atoms with Gasteiger partial charge in [-0.25, -0.2) is 4.79 Å². The molecule has 2 aromatic carbocycles. The van der Waals surface area contributed by atoms with E-state index in [0.29, 0.717) is 5.56 Å². The van der Waals surface area contributed by atoms with Gasteiger partial charge < -0.3 is 10.4 Å². The molecule has 0 aliphatic heterocycles. The average molecular weight is 346 g/mol. The first-order valence-electron chi connectivity index (χ1n) is 8.58. The van der Waals surface area contributed by atoms with E-state index < -0.39 is 5.97 Å². The molecular weight excluding hydrogens is 324 g/mol. The van der Waals surface area contributed by atoms with Gasteiger partial charge in [0.15, 0.2) is 0 Å². The molecule has 0 saturated heterocycles. The van der Waals surface area contributed by atoms with Crippen molar-refractivity contribution in [3.63, 3.8) is 0 Å². The van der Waals surface area contributed by atoms with E-state index in [1.54, 1.807) is 30.6 Å². The van der Waals surface area contributed by atoms with Gasteiger partial charge in [-0.2, -0.15) is 0 Å². The van der Waals surface area contributed by atoms with Gasteiger partial charge in [-0.15, -0.1) is 0 Å². The molecule has 1 heterocycles. The van der Waals surface area contributed by atoms with Crippen molar-refractivity contribution in [3.05, 3.63) is 95.8 Å². The number of para-hydroxylation sites is 1. The summed E-state index contributed by atoms with van der Waals surface area (Å²) in [7, 11) is 0. The molecule has 2 N–H and O–H groups in total. The maximum absolute atomic E-state index is 11.3. The number of anilines is 1. The summed E-state index contributed by atoms with van der Waals surface area (Å²) >= 11 is 0. The SMILES string of the molecule is CC(CNc1ccccc1)(Cc1cccc(C(=O)O)c1)c1ccncc1. The fourth-order valence-corrected chi connectivity index (χ4v) is 3.14. The summed E-state index contributed by atoms with van der Waals surface area (Å²) in [6.07, 6.45) is 4.31. The summed E-state index contributed by atoms with van der Waals surface area (Å²) in [5.41, 5.74) is 3.33. The smallest absolute Gasteiger partial charge is 0.335 e. The first-order chi connectivity index (χ1) is 12.6. The molecule has 0 aliphatic carbocycles. The molecule has 3 rings (SSSR count). The molecule has 1 aromatic heterocycles. The quantitative estimate of drug-likeness (QED) is 0.666. The Kier molecular flexibility index (Phi) is 5.32. The van der Waals surface area contributed by atoms with Gasteiger partial charge in [-0.1, -0.05) is 37.3 Å². The Labute approximate surface area is 153 Å². The number of carbonyl (C=O) groups is 1. The number of nitrogens with one attached hydrogen (secondary N) is 1. The second-order valence-corrected chi connectivity index (χ2v) is 6.70. The zero-order valence-electron chi connectivity index (χ0n) is 14.7. The van der Waals surface area contributed by atoms with Crippen LogP contribution in [0.15, 0.2) is 79.1 Å². The van der Waals surface area contributed by atoms with E-state index in [2.05, 4.69) is 17.2 Å². The van der Waals surface area contributed by atoms with Crippen LogP contribution in [0.1, 0.15) is 28.4 Å². The Balaban J connectivity index is 1.88. The van der Waals surface area contributed by atoms with Gasteiger partial charge in [-0.3, -0.25) is 4.98 Å². The molecule has 0 bridgehead atoms. The van der Waals surface area contributed by atoms with Gasteiger partial charge in [0.25, 0.3) is 0 Å². The van der Waals surface area contributed by atoms with Crippen LogP contribution in [0.3, 0.4) is 0 Å². The monoisotopic (exact) mass is 346 g/mol. The molecule has 0 amide bonds. The minimum Gasteiger partial charge on any atom is -0.478 e. The lowest BCUT2D eigenvalue weighted by Crippen LogP contribution is -2.33. The number of carboxylic acid groups (broad SMARTS) is 1. The van der Waals surface area contributed by atoms with Gasteiger partial charge in [0.1, 0.15) is 0 Å². The van der Waals surface area contributed by atoms with Crippen molar-refractivity contribution in [2.24, 2.45) is 0 Å². The normalized spacial score (nSPS) is 13.0. The number of aromatic nitrogens is 1. The molecule has 0 spiro atoms. The van der Waals surface area contributed by atoms with E-state index >= 15 is 0 Å². The van der Waals surface area contributed by atoms with E-state index in [4.69, 9.17) is 0 Å². The van der Waals surface area contributed by atoms with Crippen molar-refractivity contribution in [3.8, 4) is 0 Å². The predicted molar refractivity (Wildman–Crippen MR) is 104 cm³/mol. The predicted octanol–water partition coefficient (Wildman–Crippen LogP) is 4.39. The molecule has 26 heavy (non-hydrogen) atoms. The van der Waals surface area contributed by atoms with E-state index in [9.17, 15) is 9.90 Å². The fraction of sp³-hybridized carbons (Fsp3) is 0.182. The molecule has 3 aromatic rings. The van der Waals surface area contributed by atoms with Gasteiger partial charge in [0, 0.05) is 30.0 Å². The lowest BCUT2D eigenvalue weighted by atomic mass is 9.77. The van der Waals surface area contributed by atoms with Gasteiger partial charge in [0.2, 0.25) is 0 Å². The van der Waals surface area contributed by atoms with E-state index in [-0.39, 0.29) is 5.41 Å². The van der Waals surface area contributed by atoms with Crippen LogP contribution in [0.2, 0.25) is 0 Å². The highest BCUT2D eigenvalue weighted by Gasteiger charge is 2.27. The Bertz CT molecular complexity index is 866. The third-order valence-electron chi connectivity index (χ3n) is 4.60. The fourth-order valence-electron chi connectivity index (χ4n) is 3.14. The number of carboxylic acids is 1. The topological polar surface area (TPSA) is 62.2 Å². The molecule has 4 nitrogen and oxygen atoms in total. The molecular formula is C22H22N2O2. The van der Waals surface area contributed by atoms with E-state index in [0.717, 1.165) is 29.8 Å². The molecule has 1 atom stereocenters. The van der Waals surface area contributed by atoms with Crippen molar-refractivity contribution in [1.29, 1.82) is 0 Å². The summed E-state index contributed by atoms with van der Waals surface area (Å²) in [6.45, 7) is 2.91. The highest BCUT2D eigenvalue weighted by Crippen LogP contribution is 2.29. The summed E-state index contributed by atoms with van der Waals surface area (Å²) in [6, 6.07) is 21.3. The molecule has 0 aliphatic rings. The number of nitrogens with zero attached hydrogens (tertiary/aromatic N) is 1. The number of hydrogen-bond acceptors (Lipinski definition) is 3. The Hall–Kier alpha value is -3.14. The minimum atomic E-state index is -0.903. The third kappa shape index (κ3) is 4.28. The first-order valence-corrected chi connectivity index (χ1v) is 8.58. The number of benzene rings is 2. The summed E-state index contributed by atoms with van der Waals surface area (Å²) in [4.78, 5) is 15.4. The number of hydrogen-bond donors (Lipinski definition) is 2. The Morgan fingerprint density at radius 1 is 1.04 bits per heavy atom. The van der Waals surface area contributed by atoms with Gasteiger partial charge in [0.05, 0.1) is 5.56 Å².